The largest absolute Gasteiger partial charge is 0.487 e. The fraction of sp³-hybridized carbons (Fsp3) is 0.457. The van der Waals surface area contributed by atoms with Crippen molar-refractivity contribution < 1.29 is 31.8 Å². The zero-order valence-corrected chi connectivity index (χ0v) is 29.0. The molecule has 0 saturated carbocycles. The summed E-state index contributed by atoms with van der Waals surface area (Å²) in [6.45, 7) is 11.8. The molecule has 5 rings (SSSR count). The van der Waals surface area contributed by atoms with Crippen LogP contribution in [-0.2, 0) is 17.9 Å². The number of benzene rings is 3. The first-order chi connectivity index (χ1) is 22.6. The van der Waals surface area contributed by atoms with Gasteiger partial charge < -0.3 is 10.1 Å². The van der Waals surface area contributed by atoms with Crippen LogP contribution >= 0.6 is 10.8 Å². The maximum atomic E-state index is 13.7. The van der Waals surface area contributed by atoms with Crippen LogP contribution in [0.4, 0.5) is 13.2 Å². The summed E-state index contributed by atoms with van der Waals surface area (Å²) < 4.78 is 71.9. The molecule has 2 unspecified atom stereocenters. The minimum atomic E-state index is -4.40. The molecule has 1 aliphatic rings. The third kappa shape index (κ3) is 7.05. The summed E-state index contributed by atoms with van der Waals surface area (Å²) >= 11 is 0. The quantitative estimate of drug-likeness (QED) is 0.155. The molecule has 3 aromatic carbocycles. The van der Waals surface area contributed by atoms with Crippen molar-refractivity contribution >= 4 is 27.7 Å². The molecule has 1 aliphatic heterocycles. The van der Waals surface area contributed by atoms with Gasteiger partial charge in [0.2, 0.25) is 5.91 Å². The molecule has 13 heteroatoms. The lowest BCUT2D eigenvalue weighted by atomic mass is 9.69. The maximum Gasteiger partial charge on any atom is 0.390 e. The average Bonchev–Trinajstić information content (AvgIpc) is 3.42. The summed E-state index contributed by atoms with van der Waals surface area (Å²) in [5.41, 5.74) is 4.41. The van der Waals surface area contributed by atoms with Gasteiger partial charge in [-0.25, -0.2) is 4.68 Å². The second-order valence-corrected chi connectivity index (χ2v) is 14.9. The Kier molecular flexibility index (Phi) is 10.2. The summed E-state index contributed by atoms with van der Waals surface area (Å²) in [5.74, 6) is -0.672. The van der Waals surface area contributed by atoms with Crippen molar-refractivity contribution in [3.63, 3.8) is 0 Å². The van der Waals surface area contributed by atoms with Crippen molar-refractivity contribution in [2.45, 2.75) is 90.6 Å². The number of para-hydroxylation sites is 1. The van der Waals surface area contributed by atoms with Crippen LogP contribution in [0.3, 0.4) is 0 Å². The van der Waals surface area contributed by atoms with Crippen molar-refractivity contribution in [2.24, 2.45) is 5.41 Å². The van der Waals surface area contributed by atoms with E-state index in [1.807, 2.05) is 58.0 Å². The van der Waals surface area contributed by atoms with Crippen molar-refractivity contribution in [3.8, 4) is 5.75 Å². The van der Waals surface area contributed by atoms with Gasteiger partial charge >= 0.3 is 6.18 Å². The van der Waals surface area contributed by atoms with Gasteiger partial charge in [-0.05, 0) is 73.2 Å². The molecular weight excluding hydrogens is 643 g/mol. The van der Waals surface area contributed by atoms with E-state index in [-0.39, 0.29) is 19.2 Å². The van der Waals surface area contributed by atoms with Crippen LogP contribution in [0.5, 0.6) is 5.75 Å². The maximum absolute atomic E-state index is 13.7. The van der Waals surface area contributed by atoms with Gasteiger partial charge in [-0.15, -0.1) is 15.9 Å². The highest BCUT2D eigenvalue weighted by Crippen LogP contribution is 2.57. The predicted molar refractivity (Wildman–Crippen MR) is 181 cm³/mol. The number of alkyl halides is 3. The second kappa shape index (κ2) is 13.7. The molecule has 260 valence electrons. The molecule has 2 atom stereocenters. The zero-order chi connectivity index (χ0) is 35.0. The van der Waals surface area contributed by atoms with Gasteiger partial charge in [-0.1, -0.05) is 62.4 Å². The summed E-state index contributed by atoms with van der Waals surface area (Å²) in [7, 11) is -3.42. The van der Waals surface area contributed by atoms with E-state index in [9.17, 15) is 27.1 Å². The molecular formula is C35H44F3N5O4S. The Labute approximate surface area is 281 Å². The van der Waals surface area contributed by atoms with Crippen molar-refractivity contribution in [2.75, 3.05) is 13.1 Å². The van der Waals surface area contributed by atoms with E-state index in [4.69, 9.17) is 4.74 Å². The first kappa shape index (κ1) is 35.7. The lowest BCUT2D eigenvalue weighted by Crippen LogP contribution is -2.42. The van der Waals surface area contributed by atoms with Crippen LogP contribution in [0.15, 0.2) is 59.5 Å². The highest BCUT2D eigenvalue weighted by molar-refractivity contribution is 8.22. The monoisotopic (exact) mass is 687 g/mol. The number of carbonyl (C=O) groups is 1. The molecule has 1 aromatic heterocycles. The van der Waals surface area contributed by atoms with E-state index in [1.165, 1.54) is 0 Å². The average molecular weight is 688 g/mol. The number of amides is 1. The standard InChI is InChI=1S/C35H44F3N5O4S/c1-7-26-21-42(48(45,46)30-12-10-9-11-29(30)47-26)20-25-19-24(14-13-22(25)3)31(34(5,6)33(44)39-18-17-35(36,37)38)27-15-16-28-32(23(27)4)40-41-43(28)8-2/h9-16,19,26,31,45-46H,7-8,17-18,20-21H2,1-6H3,(H,39,44). The minimum absolute atomic E-state index is 0.184. The van der Waals surface area contributed by atoms with Gasteiger partial charge in [0.15, 0.2) is 0 Å². The number of aryl methyl sites for hydroxylation is 3. The highest BCUT2D eigenvalue weighted by atomic mass is 32.3. The Morgan fingerprint density at radius 3 is 2.52 bits per heavy atom. The van der Waals surface area contributed by atoms with Crippen LogP contribution in [-0.4, -0.2) is 59.7 Å². The van der Waals surface area contributed by atoms with E-state index in [1.54, 1.807) is 47.1 Å². The zero-order valence-electron chi connectivity index (χ0n) is 28.1. The topological polar surface area (TPSA) is 113 Å². The van der Waals surface area contributed by atoms with Crippen LogP contribution in [0, 0.1) is 19.3 Å². The van der Waals surface area contributed by atoms with Crippen LogP contribution in [0.1, 0.15) is 74.3 Å². The summed E-state index contributed by atoms with van der Waals surface area (Å²) in [6.07, 6.45) is -5.15. The molecule has 0 bridgehead atoms. The van der Waals surface area contributed by atoms with Gasteiger partial charge in [-0.3, -0.25) is 13.9 Å². The van der Waals surface area contributed by atoms with Crippen molar-refractivity contribution in [1.29, 1.82) is 0 Å². The summed E-state index contributed by atoms with van der Waals surface area (Å²) in [6, 6.07) is 16.6. The number of rotatable bonds is 10. The molecule has 48 heavy (non-hydrogen) atoms. The fourth-order valence-electron chi connectivity index (χ4n) is 6.45. The third-order valence-corrected chi connectivity index (χ3v) is 11.2. The van der Waals surface area contributed by atoms with E-state index >= 15 is 0 Å². The minimum Gasteiger partial charge on any atom is -0.487 e. The van der Waals surface area contributed by atoms with E-state index < -0.39 is 47.2 Å². The molecule has 0 radical (unpaired) electrons. The number of aromatic nitrogens is 3. The molecule has 3 N–H and O–H groups in total. The number of carbonyl (C=O) groups excluding carboxylic acids is 1. The number of halogens is 3. The first-order valence-electron chi connectivity index (χ1n) is 16.1. The SMILES string of the molecule is CCC1CN(Cc2cc(C(c3ccc4c(nnn4CC)c3C)C(C)(C)C(=O)NCCC(F)(F)F)ccc2C)S(O)(O)c2ccccc2O1. The van der Waals surface area contributed by atoms with E-state index in [0.717, 1.165) is 33.3 Å². The molecule has 0 spiro atoms. The number of nitrogens with one attached hydrogen (secondary N) is 1. The Bertz CT molecular complexity index is 1790. The summed E-state index contributed by atoms with van der Waals surface area (Å²) in [5, 5.41) is 11.2. The molecule has 2 heterocycles. The van der Waals surface area contributed by atoms with E-state index in [0.29, 0.717) is 29.1 Å². The van der Waals surface area contributed by atoms with Gasteiger partial charge in [0.1, 0.15) is 22.3 Å². The van der Waals surface area contributed by atoms with Crippen LogP contribution in [0.2, 0.25) is 0 Å². The highest BCUT2D eigenvalue weighted by Gasteiger charge is 2.41. The Morgan fingerprint density at radius 2 is 1.83 bits per heavy atom. The smallest absolute Gasteiger partial charge is 0.390 e. The van der Waals surface area contributed by atoms with Gasteiger partial charge in [-0.2, -0.15) is 17.5 Å². The third-order valence-electron chi connectivity index (χ3n) is 9.31. The first-order valence-corrected chi connectivity index (χ1v) is 17.6. The van der Waals surface area contributed by atoms with Gasteiger partial charge in [0.05, 0.1) is 23.9 Å². The van der Waals surface area contributed by atoms with Crippen molar-refractivity contribution in [1.82, 2.24) is 24.6 Å². The number of hydrogen-bond acceptors (Lipinski definition) is 7. The predicted octanol–water partition coefficient (Wildman–Crippen LogP) is 7.99. The molecule has 4 aromatic rings. The molecule has 9 nitrogen and oxygen atoms in total. The van der Waals surface area contributed by atoms with Crippen molar-refractivity contribution in [3.05, 3.63) is 82.4 Å². The molecule has 0 fully saturated rings. The van der Waals surface area contributed by atoms with Gasteiger partial charge in [0.25, 0.3) is 0 Å². The molecule has 1 amide bonds. The number of ether oxygens (including phenoxy) is 1. The fourth-order valence-corrected chi connectivity index (χ4v) is 8.07. The Hall–Kier alpha value is -3.65. The van der Waals surface area contributed by atoms with Crippen LogP contribution in [0.25, 0.3) is 11.0 Å². The Morgan fingerprint density at radius 1 is 1.10 bits per heavy atom. The van der Waals surface area contributed by atoms with Gasteiger partial charge in [0, 0.05) is 25.6 Å². The molecule has 0 aliphatic carbocycles. The Balaban J connectivity index is 1.59. The lowest BCUT2D eigenvalue weighted by molar-refractivity contribution is -0.138. The van der Waals surface area contributed by atoms with E-state index in [2.05, 4.69) is 15.6 Å². The number of hydrogen-bond donors (Lipinski definition) is 3. The normalized spacial score (nSPS) is 18.1. The molecule has 0 saturated heterocycles. The number of fused-ring (bicyclic) bond motifs is 2. The van der Waals surface area contributed by atoms with Crippen LogP contribution < -0.4 is 10.1 Å². The second-order valence-electron chi connectivity index (χ2n) is 13.0. The lowest BCUT2D eigenvalue weighted by Gasteiger charge is -2.42. The number of nitrogens with zero attached hydrogens (tertiary/aromatic N) is 4. The summed E-state index contributed by atoms with van der Waals surface area (Å²) in [4.78, 5) is 14.1.